The number of benzene rings is 4. The second kappa shape index (κ2) is 14.1. The minimum absolute atomic E-state index is 0.111. The highest BCUT2D eigenvalue weighted by molar-refractivity contribution is 5.85. The molecule has 42 heavy (non-hydrogen) atoms. The molecule has 0 bridgehead atoms. The van der Waals surface area contributed by atoms with E-state index in [2.05, 4.69) is 22.5 Å². The van der Waals surface area contributed by atoms with Crippen LogP contribution in [0.15, 0.2) is 128 Å². The molecule has 0 spiro atoms. The first-order valence-corrected chi connectivity index (χ1v) is 13.9. The molecule has 0 fully saturated rings. The molecular formula is C35H33N3O4. The zero-order valence-corrected chi connectivity index (χ0v) is 23.2. The second-order valence-corrected chi connectivity index (χ2v) is 10.1. The van der Waals surface area contributed by atoms with E-state index in [1.165, 1.54) is 4.68 Å². The Balaban J connectivity index is 1.33. The number of hydrogen-bond donors (Lipinski definition) is 2. The van der Waals surface area contributed by atoms with E-state index in [-0.39, 0.29) is 19.6 Å². The molecule has 212 valence electrons. The van der Waals surface area contributed by atoms with Gasteiger partial charge >= 0.3 is 5.97 Å². The maximum absolute atomic E-state index is 13.6. The van der Waals surface area contributed by atoms with Crippen molar-refractivity contribution in [3.8, 4) is 22.3 Å². The summed E-state index contributed by atoms with van der Waals surface area (Å²) >= 11 is 0. The van der Waals surface area contributed by atoms with Gasteiger partial charge in [-0.05, 0) is 34.2 Å². The van der Waals surface area contributed by atoms with Crippen LogP contribution in [0.25, 0.3) is 22.3 Å². The van der Waals surface area contributed by atoms with Crippen molar-refractivity contribution in [2.75, 3.05) is 6.61 Å². The minimum Gasteiger partial charge on any atom is -0.461 e. The zero-order chi connectivity index (χ0) is 29.1. The highest BCUT2D eigenvalue weighted by Gasteiger charge is 2.28. The highest BCUT2D eigenvalue weighted by atomic mass is 16.5. The number of carbonyl (C=O) groups is 2. The van der Waals surface area contributed by atoms with Gasteiger partial charge in [-0.3, -0.25) is 14.3 Å². The van der Waals surface area contributed by atoms with E-state index in [1.54, 1.807) is 12.4 Å². The number of hydrogen-bond acceptors (Lipinski definition) is 5. The molecule has 0 aliphatic rings. The van der Waals surface area contributed by atoms with Gasteiger partial charge in [0.15, 0.2) is 0 Å². The molecule has 5 aromatic rings. The molecule has 5 rings (SSSR count). The van der Waals surface area contributed by atoms with Crippen molar-refractivity contribution in [2.24, 2.45) is 0 Å². The molecule has 7 nitrogen and oxygen atoms in total. The number of aliphatic hydroxyl groups excluding tert-OH is 1. The van der Waals surface area contributed by atoms with Crippen LogP contribution in [0.5, 0.6) is 0 Å². The average molecular weight is 560 g/mol. The number of aromatic nitrogens is 2. The number of ether oxygens (including phenoxy) is 1. The van der Waals surface area contributed by atoms with Crippen LogP contribution < -0.4 is 5.32 Å². The summed E-state index contributed by atoms with van der Waals surface area (Å²) in [5.74, 6) is -0.942. The fraction of sp³-hybridized carbons (Fsp3) is 0.171. The lowest BCUT2D eigenvalue weighted by Crippen LogP contribution is -2.43. The Morgan fingerprint density at radius 1 is 0.738 bits per heavy atom. The van der Waals surface area contributed by atoms with Gasteiger partial charge in [0, 0.05) is 11.8 Å². The summed E-state index contributed by atoms with van der Waals surface area (Å²) in [7, 11) is 0. The smallest absolute Gasteiger partial charge is 0.308 e. The fourth-order valence-electron chi connectivity index (χ4n) is 4.76. The Kier molecular flexibility index (Phi) is 9.54. The second-order valence-electron chi connectivity index (χ2n) is 10.1. The van der Waals surface area contributed by atoms with Gasteiger partial charge in [0.1, 0.15) is 12.6 Å². The molecule has 4 aromatic carbocycles. The third-order valence-corrected chi connectivity index (χ3v) is 7.04. The largest absolute Gasteiger partial charge is 0.461 e. The molecule has 1 amide bonds. The van der Waals surface area contributed by atoms with E-state index in [1.807, 2.05) is 103 Å². The number of amides is 1. The molecular weight excluding hydrogens is 526 g/mol. The molecule has 2 atom stereocenters. The molecule has 0 saturated heterocycles. The maximum Gasteiger partial charge on any atom is 0.308 e. The van der Waals surface area contributed by atoms with Gasteiger partial charge in [-0.1, -0.05) is 115 Å². The number of aliphatic hydroxyl groups is 1. The van der Waals surface area contributed by atoms with Gasteiger partial charge in [0.05, 0.1) is 25.3 Å². The number of nitrogens with one attached hydrogen (secondary N) is 1. The van der Waals surface area contributed by atoms with E-state index in [9.17, 15) is 14.7 Å². The summed E-state index contributed by atoms with van der Waals surface area (Å²) in [6, 6.07) is 35.7. The van der Waals surface area contributed by atoms with E-state index >= 15 is 0 Å². The third kappa shape index (κ3) is 7.59. The molecule has 1 unspecified atom stereocenters. The third-order valence-electron chi connectivity index (χ3n) is 7.04. The predicted octanol–water partition coefficient (Wildman–Crippen LogP) is 5.61. The summed E-state index contributed by atoms with van der Waals surface area (Å²) in [6.45, 7) is -0.136. The van der Waals surface area contributed by atoms with Crippen LogP contribution in [-0.4, -0.2) is 39.4 Å². The van der Waals surface area contributed by atoms with Crippen molar-refractivity contribution in [3.05, 3.63) is 139 Å². The van der Waals surface area contributed by atoms with Crippen molar-refractivity contribution in [1.82, 2.24) is 15.1 Å². The molecule has 0 saturated carbocycles. The summed E-state index contributed by atoms with van der Waals surface area (Å²) in [6.07, 6.45) is 3.68. The van der Waals surface area contributed by atoms with Crippen molar-refractivity contribution < 1.29 is 19.4 Å². The number of rotatable bonds is 12. The van der Waals surface area contributed by atoms with Crippen molar-refractivity contribution >= 4 is 11.9 Å². The van der Waals surface area contributed by atoms with Crippen molar-refractivity contribution in [3.63, 3.8) is 0 Å². The lowest BCUT2D eigenvalue weighted by Gasteiger charge is -2.21. The number of nitrogens with zero attached hydrogens (tertiary/aromatic N) is 2. The Labute approximate surface area is 245 Å². The van der Waals surface area contributed by atoms with Crippen LogP contribution in [0, 0.1) is 0 Å². The lowest BCUT2D eigenvalue weighted by atomic mass is 10.0. The Morgan fingerprint density at radius 2 is 1.29 bits per heavy atom. The van der Waals surface area contributed by atoms with Gasteiger partial charge in [0.2, 0.25) is 5.91 Å². The van der Waals surface area contributed by atoms with Crippen LogP contribution in [0.3, 0.4) is 0 Å². The standard InChI is InChI=1S/C35H33N3O4/c39-24-32(20-26-10-4-1-5-11-26)37-35(41)33(21-34(40)42-25-27-12-6-2-7-13-27)38-23-31(22-36-38)30-18-16-29(17-19-30)28-14-8-3-9-15-28/h1-19,22-23,32-33,39H,20-21,24-25H2,(H,37,41)/t32-,33?/m0/s1. The monoisotopic (exact) mass is 559 g/mol. The summed E-state index contributed by atoms with van der Waals surface area (Å²) in [5.41, 5.74) is 5.81. The van der Waals surface area contributed by atoms with Crippen LogP contribution in [-0.2, 0) is 27.4 Å². The molecule has 1 heterocycles. The first-order valence-electron chi connectivity index (χ1n) is 13.9. The van der Waals surface area contributed by atoms with Crippen LogP contribution >= 0.6 is 0 Å². The summed E-state index contributed by atoms with van der Waals surface area (Å²) in [5, 5.41) is 17.4. The topological polar surface area (TPSA) is 93.5 Å². The lowest BCUT2D eigenvalue weighted by molar-refractivity contribution is -0.148. The molecule has 0 aliphatic carbocycles. The average Bonchev–Trinajstić information content (AvgIpc) is 3.54. The van der Waals surface area contributed by atoms with E-state index in [4.69, 9.17) is 4.74 Å². The van der Waals surface area contributed by atoms with Crippen LogP contribution in [0.1, 0.15) is 23.6 Å². The van der Waals surface area contributed by atoms with Gasteiger partial charge < -0.3 is 15.2 Å². The highest BCUT2D eigenvalue weighted by Crippen LogP contribution is 2.26. The molecule has 2 N–H and O–H groups in total. The maximum atomic E-state index is 13.6. The predicted molar refractivity (Wildman–Crippen MR) is 162 cm³/mol. The molecule has 7 heteroatoms. The molecule has 0 aliphatic heterocycles. The van der Waals surface area contributed by atoms with Gasteiger partial charge in [-0.25, -0.2) is 0 Å². The van der Waals surface area contributed by atoms with Crippen LogP contribution in [0.4, 0.5) is 0 Å². The fourth-order valence-corrected chi connectivity index (χ4v) is 4.76. The Morgan fingerprint density at radius 3 is 1.90 bits per heavy atom. The SMILES string of the molecule is O=C(CC(C(=O)N[C@H](CO)Cc1ccccc1)n1cc(-c2ccc(-c3ccccc3)cc2)cn1)OCc1ccccc1. The summed E-state index contributed by atoms with van der Waals surface area (Å²) < 4.78 is 6.99. The van der Waals surface area contributed by atoms with Gasteiger partial charge in [-0.15, -0.1) is 0 Å². The van der Waals surface area contributed by atoms with E-state index in [0.717, 1.165) is 33.4 Å². The van der Waals surface area contributed by atoms with Crippen LogP contribution in [0.2, 0.25) is 0 Å². The Hall–Kier alpha value is -5.01. The quantitative estimate of drug-likeness (QED) is 0.194. The van der Waals surface area contributed by atoms with E-state index < -0.39 is 24.0 Å². The first-order chi connectivity index (χ1) is 20.6. The molecule has 1 aromatic heterocycles. The summed E-state index contributed by atoms with van der Waals surface area (Å²) in [4.78, 5) is 26.5. The number of esters is 1. The molecule has 0 radical (unpaired) electrons. The zero-order valence-electron chi connectivity index (χ0n) is 23.2. The van der Waals surface area contributed by atoms with Gasteiger partial charge in [0.25, 0.3) is 0 Å². The van der Waals surface area contributed by atoms with Crippen molar-refractivity contribution in [2.45, 2.75) is 31.5 Å². The van der Waals surface area contributed by atoms with Gasteiger partial charge in [-0.2, -0.15) is 5.10 Å². The number of carbonyl (C=O) groups excluding carboxylic acids is 2. The Bertz CT molecular complexity index is 1570. The van der Waals surface area contributed by atoms with Crippen molar-refractivity contribution in [1.29, 1.82) is 0 Å². The minimum atomic E-state index is -0.963. The van der Waals surface area contributed by atoms with E-state index in [0.29, 0.717) is 6.42 Å². The normalized spacial score (nSPS) is 12.3. The first kappa shape index (κ1) is 28.5.